The summed E-state index contributed by atoms with van der Waals surface area (Å²) in [4.78, 5) is 14.0. The van der Waals surface area contributed by atoms with Gasteiger partial charge in [-0.1, -0.05) is 32.0 Å². The molecule has 4 nitrogen and oxygen atoms in total. The molecule has 1 aromatic rings. The number of hydrogen-bond acceptors (Lipinski definition) is 3. The molecule has 156 valence electrons. The minimum Gasteiger partial charge on any atom is -0.368 e. The molecule has 1 aromatic carbocycles. The first-order valence-corrected chi connectivity index (χ1v) is 10.1. The van der Waals surface area contributed by atoms with Gasteiger partial charge < -0.3 is 11.1 Å². The summed E-state index contributed by atoms with van der Waals surface area (Å²) >= 11 is 0. The summed E-state index contributed by atoms with van der Waals surface area (Å²) in [6.07, 6.45) is -1.49. The fourth-order valence-corrected chi connectivity index (χ4v) is 4.79. The monoisotopic (exact) mass is 397 g/mol. The van der Waals surface area contributed by atoms with Crippen LogP contribution in [0.15, 0.2) is 24.3 Å². The molecule has 1 heterocycles. The molecule has 0 unspecified atom stereocenters. The number of benzene rings is 1. The fourth-order valence-electron chi connectivity index (χ4n) is 4.79. The van der Waals surface area contributed by atoms with Gasteiger partial charge >= 0.3 is 6.18 Å². The maximum atomic E-state index is 12.9. The molecule has 0 aromatic heterocycles. The van der Waals surface area contributed by atoms with Gasteiger partial charge in [0, 0.05) is 25.7 Å². The van der Waals surface area contributed by atoms with E-state index in [0.29, 0.717) is 29.9 Å². The third-order valence-corrected chi connectivity index (χ3v) is 6.06. The van der Waals surface area contributed by atoms with Gasteiger partial charge in [-0.05, 0) is 48.6 Å². The number of nitrogens with one attached hydrogen (secondary N) is 1. The van der Waals surface area contributed by atoms with Crippen molar-refractivity contribution in [2.45, 2.75) is 57.9 Å². The topological polar surface area (TPSA) is 58.4 Å². The maximum Gasteiger partial charge on any atom is 0.416 e. The van der Waals surface area contributed by atoms with Crippen LogP contribution in [-0.2, 0) is 17.5 Å². The molecule has 1 amide bonds. The van der Waals surface area contributed by atoms with Gasteiger partial charge in [0.05, 0.1) is 11.6 Å². The van der Waals surface area contributed by atoms with Crippen LogP contribution in [0.4, 0.5) is 13.2 Å². The molecule has 0 bridgehead atoms. The maximum absolute atomic E-state index is 12.9. The average molecular weight is 397 g/mol. The normalized spacial score (nSPS) is 26.6. The van der Waals surface area contributed by atoms with Crippen LogP contribution in [0, 0.1) is 17.8 Å². The Morgan fingerprint density at radius 2 is 2.04 bits per heavy atom. The molecule has 0 spiro atoms. The number of primary amides is 1. The van der Waals surface area contributed by atoms with Crippen molar-refractivity contribution in [2.24, 2.45) is 23.5 Å². The van der Waals surface area contributed by atoms with Gasteiger partial charge in [-0.3, -0.25) is 9.69 Å². The standard InChI is InChI=1S/C21H30F3N3O/c1-13(2)8-19(20(25)28)26-18-7-6-15-11-27(12-17(15)18)10-14-4-3-5-16(9-14)21(22,23)24/h3-5,9,13,15,17-19,26H,6-8,10-12H2,1-2H3,(H2,25,28)/t15-,17+,18+,19-/m0/s1. The fraction of sp³-hybridized carbons (Fsp3) is 0.667. The summed E-state index contributed by atoms with van der Waals surface area (Å²) in [5.74, 6) is 1.01. The van der Waals surface area contributed by atoms with E-state index in [1.165, 1.54) is 12.1 Å². The molecular formula is C21H30F3N3O. The van der Waals surface area contributed by atoms with E-state index in [2.05, 4.69) is 24.1 Å². The molecule has 1 aliphatic carbocycles. The summed E-state index contributed by atoms with van der Waals surface area (Å²) in [5, 5.41) is 3.48. The SMILES string of the molecule is CC(C)C[C@H](N[C@@H]1CC[C@H]2CN(Cc3cccc(C(F)(F)F)c3)C[C@H]21)C(N)=O. The van der Waals surface area contributed by atoms with Crippen LogP contribution in [-0.4, -0.2) is 36.0 Å². The van der Waals surface area contributed by atoms with Gasteiger partial charge in [0.1, 0.15) is 0 Å². The Kier molecular flexibility index (Phi) is 6.34. The third-order valence-electron chi connectivity index (χ3n) is 6.06. The highest BCUT2D eigenvalue weighted by Gasteiger charge is 2.43. The summed E-state index contributed by atoms with van der Waals surface area (Å²) in [7, 11) is 0. The van der Waals surface area contributed by atoms with Gasteiger partial charge in [-0.2, -0.15) is 13.2 Å². The van der Waals surface area contributed by atoms with Crippen molar-refractivity contribution in [3.63, 3.8) is 0 Å². The van der Waals surface area contributed by atoms with E-state index in [9.17, 15) is 18.0 Å². The Labute approximate surface area is 164 Å². The van der Waals surface area contributed by atoms with E-state index >= 15 is 0 Å². The summed E-state index contributed by atoms with van der Waals surface area (Å²) in [6.45, 7) is 6.40. The molecule has 1 saturated heterocycles. The highest BCUT2D eigenvalue weighted by molar-refractivity contribution is 5.79. The molecule has 2 aliphatic rings. The predicted octanol–water partition coefficient (Wildman–Crippen LogP) is 3.41. The summed E-state index contributed by atoms with van der Waals surface area (Å²) in [5.41, 5.74) is 5.67. The zero-order valence-electron chi connectivity index (χ0n) is 16.5. The second-order valence-electron chi connectivity index (χ2n) is 8.75. The number of nitrogens with zero attached hydrogens (tertiary/aromatic N) is 1. The van der Waals surface area contributed by atoms with Crippen molar-refractivity contribution < 1.29 is 18.0 Å². The van der Waals surface area contributed by atoms with Crippen LogP contribution in [0.5, 0.6) is 0 Å². The lowest BCUT2D eigenvalue weighted by atomic mass is 9.95. The van der Waals surface area contributed by atoms with E-state index in [1.54, 1.807) is 6.07 Å². The average Bonchev–Trinajstić information content (AvgIpc) is 3.14. The van der Waals surface area contributed by atoms with Crippen molar-refractivity contribution in [3.8, 4) is 0 Å². The second-order valence-corrected chi connectivity index (χ2v) is 8.75. The van der Waals surface area contributed by atoms with E-state index in [4.69, 9.17) is 5.73 Å². The second kappa shape index (κ2) is 8.41. The number of amides is 1. The largest absolute Gasteiger partial charge is 0.416 e. The Hall–Kier alpha value is -1.60. The van der Waals surface area contributed by atoms with Gasteiger partial charge in [-0.15, -0.1) is 0 Å². The number of carbonyl (C=O) groups excluding carboxylic acids is 1. The first kappa shape index (κ1) is 21.1. The van der Waals surface area contributed by atoms with Crippen LogP contribution < -0.4 is 11.1 Å². The molecular weight excluding hydrogens is 367 g/mol. The Morgan fingerprint density at radius 3 is 2.68 bits per heavy atom. The highest BCUT2D eigenvalue weighted by atomic mass is 19.4. The quantitative estimate of drug-likeness (QED) is 0.741. The van der Waals surface area contributed by atoms with Crippen molar-refractivity contribution >= 4 is 5.91 Å². The van der Waals surface area contributed by atoms with Gasteiger partial charge in [0.25, 0.3) is 0 Å². The Morgan fingerprint density at radius 1 is 1.29 bits per heavy atom. The number of hydrogen-bond donors (Lipinski definition) is 2. The molecule has 4 atom stereocenters. The van der Waals surface area contributed by atoms with E-state index in [0.717, 1.165) is 38.4 Å². The molecule has 7 heteroatoms. The summed E-state index contributed by atoms with van der Waals surface area (Å²) < 4.78 is 38.8. The number of nitrogens with two attached hydrogens (primary N) is 1. The molecule has 1 aliphatic heterocycles. The Bertz CT molecular complexity index is 692. The van der Waals surface area contributed by atoms with Crippen molar-refractivity contribution in [2.75, 3.05) is 13.1 Å². The zero-order chi connectivity index (χ0) is 20.5. The van der Waals surface area contributed by atoms with Crippen LogP contribution in [0.3, 0.4) is 0 Å². The van der Waals surface area contributed by atoms with E-state index < -0.39 is 11.7 Å². The van der Waals surface area contributed by atoms with E-state index in [1.807, 2.05) is 0 Å². The molecule has 3 N–H and O–H groups in total. The number of rotatable bonds is 7. The number of alkyl halides is 3. The first-order chi connectivity index (χ1) is 13.1. The Balaban J connectivity index is 1.61. The number of fused-ring (bicyclic) bond motifs is 1. The van der Waals surface area contributed by atoms with Crippen LogP contribution in [0.1, 0.15) is 44.2 Å². The number of halogens is 3. The van der Waals surface area contributed by atoms with Gasteiger partial charge in [0.15, 0.2) is 0 Å². The van der Waals surface area contributed by atoms with Crippen molar-refractivity contribution in [1.29, 1.82) is 0 Å². The minimum atomic E-state index is -4.31. The van der Waals surface area contributed by atoms with Crippen molar-refractivity contribution in [1.82, 2.24) is 10.2 Å². The smallest absolute Gasteiger partial charge is 0.368 e. The number of likely N-dealkylation sites (tertiary alicyclic amines) is 1. The lowest BCUT2D eigenvalue weighted by Crippen LogP contribution is -2.49. The van der Waals surface area contributed by atoms with Gasteiger partial charge in [-0.25, -0.2) is 0 Å². The van der Waals surface area contributed by atoms with Gasteiger partial charge in [0.2, 0.25) is 5.91 Å². The summed E-state index contributed by atoms with van der Waals surface area (Å²) in [6, 6.07) is 5.51. The zero-order valence-corrected chi connectivity index (χ0v) is 16.5. The van der Waals surface area contributed by atoms with Crippen molar-refractivity contribution in [3.05, 3.63) is 35.4 Å². The lowest BCUT2D eigenvalue weighted by molar-refractivity contribution is -0.137. The van der Waals surface area contributed by atoms with Crippen LogP contribution in [0.25, 0.3) is 0 Å². The molecule has 3 rings (SSSR count). The van der Waals surface area contributed by atoms with Crippen LogP contribution in [0.2, 0.25) is 0 Å². The first-order valence-electron chi connectivity index (χ1n) is 10.1. The predicted molar refractivity (Wildman–Crippen MR) is 102 cm³/mol. The van der Waals surface area contributed by atoms with E-state index in [-0.39, 0.29) is 18.0 Å². The molecule has 28 heavy (non-hydrogen) atoms. The molecule has 0 radical (unpaired) electrons. The highest BCUT2D eigenvalue weighted by Crippen LogP contribution is 2.39. The number of carbonyl (C=O) groups is 1. The molecule has 1 saturated carbocycles. The minimum absolute atomic E-state index is 0.243. The lowest BCUT2D eigenvalue weighted by Gasteiger charge is -2.26. The van der Waals surface area contributed by atoms with Crippen LogP contribution >= 0.6 is 0 Å². The molecule has 2 fully saturated rings. The third kappa shape index (κ3) is 5.06.